The van der Waals surface area contributed by atoms with Crippen molar-refractivity contribution in [1.29, 1.82) is 0 Å². The molecule has 1 aliphatic rings. The third kappa shape index (κ3) is 7.34. The number of carbonyl (C=O) groups excluding carboxylic acids is 2. The highest BCUT2D eigenvalue weighted by Gasteiger charge is 2.27. The van der Waals surface area contributed by atoms with Crippen LogP contribution in [0.25, 0.3) is 0 Å². The number of likely N-dealkylation sites (tertiary alicyclic amines) is 1. The molecule has 0 aromatic carbocycles. The maximum atomic E-state index is 12.7. The van der Waals surface area contributed by atoms with Gasteiger partial charge in [-0.25, -0.2) is 9.78 Å². The molecular formula is C21H37N5O3. The maximum Gasteiger partial charge on any atom is 0.408 e. The number of imidazole rings is 1. The maximum absolute atomic E-state index is 12.7. The summed E-state index contributed by atoms with van der Waals surface area (Å²) in [5, 5.41) is 5.49. The molecule has 1 aliphatic heterocycles. The predicted octanol–water partition coefficient (Wildman–Crippen LogP) is 3.35. The average Bonchev–Trinajstić information content (AvgIpc) is 3.24. The summed E-state index contributed by atoms with van der Waals surface area (Å²) in [6.45, 7) is 14.9. The molecule has 2 rings (SSSR count). The Bertz CT molecular complexity index is 687. The van der Waals surface area contributed by atoms with Gasteiger partial charge in [-0.3, -0.25) is 4.79 Å². The van der Waals surface area contributed by atoms with Gasteiger partial charge in [0.15, 0.2) is 5.82 Å². The molecule has 2 heterocycles. The fourth-order valence-electron chi connectivity index (χ4n) is 3.51. The second-order valence-corrected chi connectivity index (χ2v) is 9.44. The highest BCUT2D eigenvalue weighted by atomic mass is 16.6. The molecule has 8 heteroatoms. The minimum absolute atomic E-state index is 0.127. The zero-order valence-electron chi connectivity index (χ0n) is 18.7. The number of hydrogen-bond donors (Lipinski definition) is 2. The summed E-state index contributed by atoms with van der Waals surface area (Å²) in [5.41, 5.74) is -0.741. The first kappa shape index (κ1) is 23.2. The molecule has 2 N–H and O–H groups in total. The standard InChI is InChI=1S/C21H37N5O3/c1-7-10-16(23-19(28)29-20(2,3)4)18(27)24-17-13-26(15-22-17)21(5,6)14-25-11-8-9-12-25/h13,15-16H,7-12,14H2,1-6H3,(H,23,28)(H,24,27)/t16-/m0/s1. The van der Waals surface area contributed by atoms with Gasteiger partial charge in [0.2, 0.25) is 5.91 Å². The van der Waals surface area contributed by atoms with E-state index in [-0.39, 0.29) is 11.4 Å². The van der Waals surface area contributed by atoms with Crippen molar-refractivity contribution in [2.45, 2.75) is 84.4 Å². The predicted molar refractivity (Wildman–Crippen MR) is 114 cm³/mol. The van der Waals surface area contributed by atoms with Crippen molar-refractivity contribution in [3.63, 3.8) is 0 Å². The highest BCUT2D eigenvalue weighted by molar-refractivity contribution is 5.95. The van der Waals surface area contributed by atoms with E-state index in [2.05, 4.69) is 34.4 Å². The number of anilines is 1. The van der Waals surface area contributed by atoms with Crippen LogP contribution < -0.4 is 10.6 Å². The van der Waals surface area contributed by atoms with Crippen LogP contribution in [0.15, 0.2) is 12.5 Å². The quantitative estimate of drug-likeness (QED) is 0.690. The van der Waals surface area contributed by atoms with Gasteiger partial charge in [-0.2, -0.15) is 0 Å². The van der Waals surface area contributed by atoms with Crippen LogP contribution in [0.3, 0.4) is 0 Å². The highest BCUT2D eigenvalue weighted by Crippen LogP contribution is 2.21. The SMILES string of the molecule is CCC[C@H](NC(=O)OC(C)(C)C)C(=O)Nc1cn(C(C)(C)CN2CCCC2)cn1. The Morgan fingerprint density at radius 1 is 1.21 bits per heavy atom. The Labute approximate surface area is 174 Å². The molecule has 0 bridgehead atoms. The minimum atomic E-state index is -0.669. The lowest BCUT2D eigenvalue weighted by Crippen LogP contribution is -2.45. The van der Waals surface area contributed by atoms with Gasteiger partial charge in [0.05, 0.1) is 11.9 Å². The molecule has 2 amide bonds. The molecule has 1 saturated heterocycles. The Kier molecular flexibility index (Phi) is 7.68. The second-order valence-electron chi connectivity index (χ2n) is 9.44. The first-order valence-electron chi connectivity index (χ1n) is 10.6. The molecule has 0 unspecified atom stereocenters. The van der Waals surface area contributed by atoms with Gasteiger partial charge < -0.3 is 24.8 Å². The number of nitrogens with zero attached hydrogens (tertiary/aromatic N) is 3. The van der Waals surface area contributed by atoms with Crippen LogP contribution in [0.2, 0.25) is 0 Å². The third-order valence-corrected chi connectivity index (χ3v) is 4.93. The Morgan fingerprint density at radius 2 is 1.86 bits per heavy atom. The summed E-state index contributed by atoms with van der Waals surface area (Å²) in [5.74, 6) is 0.192. The zero-order chi connectivity index (χ0) is 21.7. The van der Waals surface area contributed by atoms with E-state index in [0.29, 0.717) is 12.2 Å². The van der Waals surface area contributed by atoms with Gasteiger partial charge in [-0.15, -0.1) is 0 Å². The first-order valence-corrected chi connectivity index (χ1v) is 10.6. The average molecular weight is 408 g/mol. The van der Waals surface area contributed by atoms with Crippen molar-refractivity contribution in [3.8, 4) is 0 Å². The Morgan fingerprint density at radius 3 is 2.45 bits per heavy atom. The van der Waals surface area contributed by atoms with Gasteiger partial charge in [0.1, 0.15) is 11.6 Å². The topological polar surface area (TPSA) is 88.5 Å². The number of aromatic nitrogens is 2. The fourth-order valence-corrected chi connectivity index (χ4v) is 3.51. The molecule has 0 spiro atoms. The van der Waals surface area contributed by atoms with Gasteiger partial charge >= 0.3 is 6.09 Å². The summed E-state index contributed by atoms with van der Waals surface area (Å²) in [7, 11) is 0. The molecule has 0 radical (unpaired) electrons. The van der Waals surface area contributed by atoms with Crippen molar-refractivity contribution in [2.24, 2.45) is 0 Å². The number of ether oxygens (including phenoxy) is 1. The number of alkyl carbamates (subject to hydrolysis) is 1. The zero-order valence-corrected chi connectivity index (χ0v) is 18.7. The smallest absolute Gasteiger partial charge is 0.408 e. The number of rotatable bonds is 8. The first-order chi connectivity index (χ1) is 13.5. The monoisotopic (exact) mass is 407 g/mol. The van der Waals surface area contributed by atoms with Crippen molar-refractivity contribution < 1.29 is 14.3 Å². The van der Waals surface area contributed by atoms with Gasteiger partial charge in [0, 0.05) is 12.7 Å². The van der Waals surface area contributed by atoms with E-state index in [1.807, 2.05) is 17.7 Å². The van der Waals surface area contributed by atoms with Gasteiger partial charge in [-0.05, 0) is 67.0 Å². The van der Waals surface area contributed by atoms with E-state index < -0.39 is 17.7 Å². The number of amides is 2. The largest absolute Gasteiger partial charge is 0.444 e. The second kappa shape index (κ2) is 9.61. The lowest BCUT2D eigenvalue weighted by atomic mass is 10.1. The van der Waals surface area contributed by atoms with E-state index in [4.69, 9.17) is 4.74 Å². The van der Waals surface area contributed by atoms with Crippen LogP contribution >= 0.6 is 0 Å². The third-order valence-electron chi connectivity index (χ3n) is 4.93. The van der Waals surface area contributed by atoms with Crippen LogP contribution in [0, 0.1) is 0 Å². The van der Waals surface area contributed by atoms with E-state index in [1.165, 1.54) is 12.8 Å². The molecule has 0 saturated carbocycles. The summed E-state index contributed by atoms with van der Waals surface area (Å²) >= 11 is 0. The van der Waals surface area contributed by atoms with Crippen LogP contribution in [0.5, 0.6) is 0 Å². The normalized spacial score (nSPS) is 16.5. The van der Waals surface area contributed by atoms with E-state index >= 15 is 0 Å². The van der Waals surface area contributed by atoms with Crippen LogP contribution in [0.4, 0.5) is 10.6 Å². The molecule has 164 valence electrons. The van der Waals surface area contributed by atoms with E-state index in [1.54, 1.807) is 27.1 Å². The lowest BCUT2D eigenvalue weighted by Gasteiger charge is -2.31. The van der Waals surface area contributed by atoms with Crippen molar-refractivity contribution in [2.75, 3.05) is 25.0 Å². The van der Waals surface area contributed by atoms with Crippen molar-refractivity contribution in [1.82, 2.24) is 19.8 Å². The number of carbonyl (C=O) groups is 2. The Balaban J connectivity index is 1.98. The summed E-state index contributed by atoms with van der Waals surface area (Å²) in [4.78, 5) is 31.6. The molecule has 0 aliphatic carbocycles. The summed E-state index contributed by atoms with van der Waals surface area (Å²) < 4.78 is 7.31. The number of hydrogen-bond acceptors (Lipinski definition) is 5. The summed E-state index contributed by atoms with van der Waals surface area (Å²) in [6, 6.07) is -0.669. The van der Waals surface area contributed by atoms with E-state index in [0.717, 1.165) is 26.1 Å². The lowest BCUT2D eigenvalue weighted by molar-refractivity contribution is -0.118. The van der Waals surface area contributed by atoms with Crippen LogP contribution in [0.1, 0.15) is 67.2 Å². The molecular weight excluding hydrogens is 370 g/mol. The fraction of sp³-hybridized carbons (Fsp3) is 0.762. The van der Waals surface area contributed by atoms with Crippen molar-refractivity contribution in [3.05, 3.63) is 12.5 Å². The van der Waals surface area contributed by atoms with Gasteiger partial charge in [-0.1, -0.05) is 13.3 Å². The minimum Gasteiger partial charge on any atom is -0.444 e. The molecule has 1 fully saturated rings. The summed E-state index contributed by atoms with van der Waals surface area (Å²) in [6.07, 6.45) is 6.79. The number of nitrogens with one attached hydrogen (secondary N) is 2. The van der Waals surface area contributed by atoms with Crippen molar-refractivity contribution >= 4 is 17.8 Å². The Hall–Kier alpha value is -2.09. The van der Waals surface area contributed by atoms with Crippen LogP contribution in [-0.4, -0.2) is 57.7 Å². The van der Waals surface area contributed by atoms with Gasteiger partial charge in [0.25, 0.3) is 0 Å². The molecule has 29 heavy (non-hydrogen) atoms. The molecule has 1 atom stereocenters. The van der Waals surface area contributed by atoms with Crippen LogP contribution in [-0.2, 0) is 15.1 Å². The molecule has 8 nitrogen and oxygen atoms in total. The van der Waals surface area contributed by atoms with E-state index in [9.17, 15) is 9.59 Å². The molecule has 1 aromatic rings. The molecule has 1 aromatic heterocycles.